The van der Waals surface area contributed by atoms with E-state index >= 15 is 0 Å². The maximum atomic E-state index is 12.3. The van der Waals surface area contributed by atoms with Gasteiger partial charge in [0.25, 0.3) is 5.56 Å². The lowest BCUT2D eigenvalue weighted by Crippen LogP contribution is -2.36. The summed E-state index contributed by atoms with van der Waals surface area (Å²) < 4.78 is 1.63. The first kappa shape index (κ1) is 17.6. The van der Waals surface area contributed by atoms with Crippen molar-refractivity contribution >= 4 is 16.5 Å². The van der Waals surface area contributed by atoms with Gasteiger partial charge < -0.3 is 4.90 Å². The van der Waals surface area contributed by atoms with Crippen LogP contribution in [-0.2, 0) is 19.4 Å². The van der Waals surface area contributed by atoms with Gasteiger partial charge in [-0.1, -0.05) is 0 Å². The number of aromatic nitrogens is 4. The second-order valence-corrected chi connectivity index (χ2v) is 8.69. The number of anilines is 1. The summed E-state index contributed by atoms with van der Waals surface area (Å²) in [4.78, 5) is 25.1. The lowest BCUT2D eigenvalue weighted by Gasteiger charge is -2.31. The third-order valence-corrected chi connectivity index (χ3v) is 6.96. The van der Waals surface area contributed by atoms with Crippen molar-refractivity contribution in [2.24, 2.45) is 5.92 Å². The number of hydrogen-bond donors (Lipinski definition) is 0. The van der Waals surface area contributed by atoms with Crippen LogP contribution in [0.3, 0.4) is 0 Å². The standard InChI is InChI=1S/C21H23N5OS/c27-20-5-4-17(16-6-10-22-11-7-16)24-26(20)14-15-8-12-25(13-9-15)21-23-18-2-1-3-19(18)28-21/h4-7,10-11,15H,1-3,8-9,12-14H2. The molecule has 0 spiro atoms. The summed E-state index contributed by atoms with van der Waals surface area (Å²) in [6.07, 6.45) is 9.23. The normalized spacial score (nSPS) is 17.1. The molecule has 1 aliphatic carbocycles. The maximum Gasteiger partial charge on any atom is 0.266 e. The maximum absolute atomic E-state index is 12.3. The fourth-order valence-corrected chi connectivity index (χ4v) is 5.32. The number of thiazole rings is 1. The lowest BCUT2D eigenvalue weighted by molar-refractivity contribution is 0.335. The topological polar surface area (TPSA) is 63.9 Å². The van der Waals surface area contributed by atoms with E-state index in [1.54, 1.807) is 29.2 Å². The lowest BCUT2D eigenvalue weighted by atomic mass is 9.97. The number of hydrogen-bond acceptors (Lipinski definition) is 6. The molecule has 0 saturated carbocycles. The van der Waals surface area contributed by atoms with Crippen molar-refractivity contribution in [2.45, 2.75) is 38.6 Å². The highest BCUT2D eigenvalue weighted by Crippen LogP contribution is 2.34. The predicted octanol–water partition coefficient (Wildman–Crippen LogP) is 3.17. The van der Waals surface area contributed by atoms with E-state index in [1.165, 1.54) is 28.5 Å². The van der Waals surface area contributed by atoms with Crippen molar-refractivity contribution in [1.82, 2.24) is 19.7 Å². The van der Waals surface area contributed by atoms with Crippen molar-refractivity contribution in [3.8, 4) is 11.3 Å². The molecule has 7 heteroatoms. The molecule has 1 fully saturated rings. The Balaban J connectivity index is 1.25. The molecule has 0 atom stereocenters. The molecule has 2 aliphatic rings. The summed E-state index contributed by atoms with van der Waals surface area (Å²) in [5.41, 5.74) is 3.09. The number of nitrogens with zero attached hydrogens (tertiary/aromatic N) is 5. The van der Waals surface area contributed by atoms with Crippen LogP contribution < -0.4 is 10.5 Å². The van der Waals surface area contributed by atoms with Crippen LogP contribution in [0.5, 0.6) is 0 Å². The van der Waals surface area contributed by atoms with Crippen LogP contribution in [0.4, 0.5) is 5.13 Å². The third-order valence-electron chi connectivity index (χ3n) is 5.74. The van der Waals surface area contributed by atoms with Gasteiger partial charge >= 0.3 is 0 Å². The van der Waals surface area contributed by atoms with Gasteiger partial charge in [0, 0.05) is 48.5 Å². The van der Waals surface area contributed by atoms with E-state index in [1.807, 2.05) is 23.5 Å². The van der Waals surface area contributed by atoms with Crippen LogP contribution in [0.25, 0.3) is 11.3 Å². The fourth-order valence-electron chi connectivity index (χ4n) is 4.12. The van der Waals surface area contributed by atoms with Gasteiger partial charge in [-0.2, -0.15) is 5.10 Å². The van der Waals surface area contributed by atoms with Crippen LogP contribution in [-0.4, -0.2) is 32.8 Å². The zero-order valence-corrected chi connectivity index (χ0v) is 16.6. The van der Waals surface area contributed by atoms with E-state index in [0.29, 0.717) is 12.5 Å². The second kappa shape index (κ2) is 7.47. The van der Waals surface area contributed by atoms with Crippen molar-refractivity contribution in [1.29, 1.82) is 0 Å². The van der Waals surface area contributed by atoms with Crippen LogP contribution in [0.2, 0.25) is 0 Å². The minimum absolute atomic E-state index is 0.0309. The summed E-state index contributed by atoms with van der Waals surface area (Å²) in [6, 6.07) is 7.25. The Kier molecular flexibility index (Phi) is 4.68. The Morgan fingerprint density at radius 1 is 1.07 bits per heavy atom. The Morgan fingerprint density at radius 2 is 1.89 bits per heavy atom. The van der Waals surface area contributed by atoms with E-state index < -0.39 is 0 Å². The first-order chi connectivity index (χ1) is 13.8. The number of pyridine rings is 1. The third kappa shape index (κ3) is 3.46. The molecule has 5 rings (SSSR count). The fraction of sp³-hybridized carbons (Fsp3) is 0.429. The van der Waals surface area contributed by atoms with E-state index in [2.05, 4.69) is 15.0 Å². The first-order valence-electron chi connectivity index (χ1n) is 9.98. The molecule has 0 aromatic carbocycles. The average Bonchev–Trinajstić information content (AvgIpc) is 3.33. The van der Waals surface area contributed by atoms with Crippen LogP contribution >= 0.6 is 11.3 Å². The minimum atomic E-state index is -0.0309. The highest BCUT2D eigenvalue weighted by Gasteiger charge is 2.25. The van der Waals surface area contributed by atoms with Crippen LogP contribution in [0.15, 0.2) is 41.5 Å². The van der Waals surface area contributed by atoms with E-state index in [0.717, 1.165) is 43.6 Å². The molecule has 0 N–H and O–H groups in total. The largest absolute Gasteiger partial charge is 0.348 e. The molecule has 3 aromatic rings. The zero-order chi connectivity index (χ0) is 18.9. The van der Waals surface area contributed by atoms with Gasteiger partial charge in [0.15, 0.2) is 5.13 Å². The van der Waals surface area contributed by atoms with Gasteiger partial charge in [0.2, 0.25) is 0 Å². The van der Waals surface area contributed by atoms with Gasteiger partial charge in [0.05, 0.1) is 11.4 Å². The van der Waals surface area contributed by atoms with Gasteiger partial charge in [0.1, 0.15) is 0 Å². The van der Waals surface area contributed by atoms with Crippen molar-refractivity contribution in [3.63, 3.8) is 0 Å². The highest BCUT2D eigenvalue weighted by atomic mass is 32.1. The quantitative estimate of drug-likeness (QED) is 0.681. The molecule has 3 aromatic heterocycles. The van der Waals surface area contributed by atoms with E-state index in [9.17, 15) is 4.79 Å². The molecule has 4 heterocycles. The summed E-state index contributed by atoms with van der Waals surface area (Å²) in [5, 5.41) is 5.79. The number of aryl methyl sites for hydroxylation is 2. The Labute approximate surface area is 167 Å². The van der Waals surface area contributed by atoms with Gasteiger partial charge in [-0.05, 0) is 56.2 Å². The van der Waals surface area contributed by atoms with E-state index in [4.69, 9.17) is 4.98 Å². The van der Waals surface area contributed by atoms with Crippen LogP contribution in [0, 0.1) is 5.92 Å². The van der Waals surface area contributed by atoms with Gasteiger partial charge in [-0.25, -0.2) is 9.67 Å². The monoisotopic (exact) mass is 393 g/mol. The first-order valence-corrected chi connectivity index (χ1v) is 10.8. The Bertz CT molecular complexity index is 999. The van der Waals surface area contributed by atoms with Gasteiger partial charge in [-0.15, -0.1) is 11.3 Å². The molecule has 1 saturated heterocycles. The zero-order valence-electron chi connectivity index (χ0n) is 15.8. The summed E-state index contributed by atoms with van der Waals surface area (Å²) >= 11 is 1.88. The molecular weight excluding hydrogens is 370 g/mol. The molecule has 1 aliphatic heterocycles. The van der Waals surface area contributed by atoms with Crippen molar-refractivity contribution in [3.05, 3.63) is 57.6 Å². The van der Waals surface area contributed by atoms with E-state index in [-0.39, 0.29) is 5.56 Å². The summed E-state index contributed by atoms with van der Waals surface area (Å²) in [7, 11) is 0. The second-order valence-electron chi connectivity index (χ2n) is 7.63. The average molecular weight is 394 g/mol. The molecule has 28 heavy (non-hydrogen) atoms. The van der Waals surface area contributed by atoms with Crippen molar-refractivity contribution < 1.29 is 0 Å². The summed E-state index contributed by atoms with van der Waals surface area (Å²) in [5.74, 6) is 0.473. The molecule has 0 unspecified atom stereocenters. The number of rotatable bonds is 4. The highest BCUT2D eigenvalue weighted by molar-refractivity contribution is 7.15. The smallest absolute Gasteiger partial charge is 0.266 e. The van der Waals surface area contributed by atoms with Crippen molar-refractivity contribution in [2.75, 3.05) is 18.0 Å². The number of piperidine rings is 1. The van der Waals surface area contributed by atoms with Crippen LogP contribution in [0.1, 0.15) is 29.8 Å². The molecule has 144 valence electrons. The summed E-state index contributed by atoms with van der Waals surface area (Å²) in [6.45, 7) is 2.70. The van der Waals surface area contributed by atoms with Gasteiger partial charge in [-0.3, -0.25) is 9.78 Å². The molecule has 6 nitrogen and oxygen atoms in total. The Morgan fingerprint density at radius 3 is 2.68 bits per heavy atom. The predicted molar refractivity (Wildman–Crippen MR) is 111 cm³/mol. The molecule has 0 radical (unpaired) electrons. The number of fused-ring (bicyclic) bond motifs is 1. The molecular formula is C21H23N5OS. The Hall–Kier alpha value is -2.54. The molecule has 0 bridgehead atoms. The minimum Gasteiger partial charge on any atom is -0.348 e. The SMILES string of the molecule is O=c1ccc(-c2ccncc2)nn1CC1CCN(c2nc3c(s2)CCC3)CC1. The molecule has 0 amide bonds.